The molecule has 1 rings (SSSR count). The molecule has 2 amide bonds. The average Bonchev–Trinajstić information content (AvgIpc) is 2.44. The minimum absolute atomic E-state index is 0.00779. The minimum atomic E-state index is -0.744. The van der Waals surface area contributed by atoms with Gasteiger partial charge in [-0.15, -0.1) is 0 Å². The SMILES string of the molecule is CCC(CSC)N(C)C(=O)NC1CCCC(C(=O)O)C1. The van der Waals surface area contributed by atoms with Gasteiger partial charge >= 0.3 is 12.0 Å². The summed E-state index contributed by atoms with van der Waals surface area (Å²) in [4.78, 5) is 25.0. The van der Waals surface area contributed by atoms with E-state index in [0.717, 1.165) is 31.4 Å². The molecule has 1 fully saturated rings. The number of amides is 2. The van der Waals surface area contributed by atoms with E-state index in [9.17, 15) is 9.59 Å². The van der Waals surface area contributed by atoms with Gasteiger partial charge in [0.2, 0.25) is 0 Å². The van der Waals surface area contributed by atoms with E-state index in [1.165, 1.54) is 0 Å². The number of hydrogen-bond donors (Lipinski definition) is 2. The number of carboxylic acids is 1. The number of nitrogens with zero attached hydrogens (tertiary/aromatic N) is 1. The molecular formula is C14H26N2O3S. The van der Waals surface area contributed by atoms with Crippen molar-refractivity contribution in [3.8, 4) is 0 Å². The highest BCUT2D eigenvalue weighted by atomic mass is 32.2. The maximum Gasteiger partial charge on any atom is 0.317 e. The van der Waals surface area contributed by atoms with Crippen LogP contribution in [0.5, 0.6) is 0 Å². The number of carbonyl (C=O) groups is 2. The third kappa shape index (κ3) is 4.89. The van der Waals surface area contributed by atoms with Crippen LogP contribution >= 0.6 is 11.8 Å². The highest BCUT2D eigenvalue weighted by Crippen LogP contribution is 2.24. The molecule has 0 spiro atoms. The Morgan fingerprint density at radius 1 is 1.45 bits per heavy atom. The van der Waals surface area contributed by atoms with Crippen LogP contribution in [0.3, 0.4) is 0 Å². The van der Waals surface area contributed by atoms with Crippen molar-refractivity contribution >= 4 is 23.8 Å². The summed E-state index contributed by atoms with van der Waals surface area (Å²) in [5.41, 5.74) is 0. The molecule has 116 valence electrons. The Morgan fingerprint density at radius 3 is 2.70 bits per heavy atom. The first-order chi connectivity index (χ1) is 9.49. The second kappa shape index (κ2) is 8.39. The molecule has 3 atom stereocenters. The summed E-state index contributed by atoms with van der Waals surface area (Å²) in [6.45, 7) is 2.08. The van der Waals surface area contributed by atoms with Crippen LogP contribution in [-0.2, 0) is 4.79 Å². The summed E-state index contributed by atoms with van der Waals surface area (Å²) in [6.07, 6.45) is 5.98. The predicted molar refractivity (Wildman–Crippen MR) is 82.1 cm³/mol. The lowest BCUT2D eigenvalue weighted by Crippen LogP contribution is -2.49. The number of carboxylic acid groups (broad SMARTS) is 1. The summed E-state index contributed by atoms with van der Waals surface area (Å²) in [6, 6.07) is 0.136. The van der Waals surface area contributed by atoms with Crippen LogP contribution in [0, 0.1) is 5.92 Å². The number of rotatable bonds is 6. The summed E-state index contributed by atoms with van der Waals surface area (Å²) in [7, 11) is 1.82. The van der Waals surface area contributed by atoms with Crippen molar-refractivity contribution in [1.29, 1.82) is 0 Å². The number of nitrogens with one attached hydrogen (secondary N) is 1. The monoisotopic (exact) mass is 302 g/mol. The molecular weight excluding hydrogens is 276 g/mol. The number of thioether (sulfide) groups is 1. The smallest absolute Gasteiger partial charge is 0.317 e. The first-order valence-corrected chi connectivity index (χ1v) is 8.64. The maximum absolute atomic E-state index is 12.2. The van der Waals surface area contributed by atoms with Gasteiger partial charge in [-0.1, -0.05) is 13.3 Å². The molecule has 0 heterocycles. The van der Waals surface area contributed by atoms with Crippen LogP contribution in [0.4, 0.5) is 4.79 Å². The lowest BCUT2D eigenvalue weighted by Gasteiger charge is -2.32. The molecule has 0 aromatic rings. The van der Waals surface area contributed by atoms with Crippen molar-refractivity contribution in [2.45, 2.75) is 51.1 Å². The molecule has 0 saturated heterocycles. The van der Waals surface area contributed by atoms with Crippen molar-refractivity contribution in [2.24, 2.45) is 5.92 Å². The fraction of sp³-hybridized carbons (Fsp3) is 0.857. The summed E-state index contributed by atoms with van der Waals surface area (Å²) in [5.74, 6) is -0.137. The van der Waals surface area contributed by atoms with Gasteiger partial charge in [0.15, 0.2) is 0 Å². The number of carbonyl (C=O) groups excluding carboxylic acids is 1. The van der Waals surface area contributed by atoms with Crippen molar-refractivity contribution in [2.75, 3.05) is 19.1 Å². The number of urea groups is 1. The molecule has 1 saturated carbocycles. The predicted octanol–water partition coefficient (Wildman–Crippen LogP) is 2.41. The van der Waals surface area contributed by atoms with E-state index in [-0.39, 0.29) is 24.0 Å². The van der Waals surface area contributed by atoms with Gasteiger partial charge in [-0.2, -0.15) is 11.8 Å². The molecule has 3 unspecified atom stereocenters. The lowest BCUT2D eigenvalue weighted by molar-refractivity contribution is -0.143. The molecule has 0 aliphatic heterocycles. The quantitative estimate of drug-likeness (QED) is 0.790. The van der Waals surface area contributed by atoms with Crippen molar-refractivity contribution in [1.82, 2.24) is 10.2 Å². The minimum Gasteiger partial charge on any atom is -0.481 e. The Hall–Kier alpha value is -0.910. The standard InChI is InChI=1S/C14H26N2O3S/c1-4-12(9-20-3)16(2)14(19)15-11-7-5-6-10(8-11)13(17)18/h10-12H,4-9H2,1-3H3,(H,15,19)(H,17,18). The molecule has 0 aromatic carbocycles. The second-order valence-corrected chi connectivity index (χ2v) is 6.39. The van der Waals surface area contributed by atoms with Gasteiger partial charge in [0.25, 0.3) is 0 Å². The van der Waals surface area contributed by atoms with Gasteiger partial charge in [-0.05, 0) is 31.9 Å². The van der Waals surface area contributed by atoms with Crippen molar-refractivity contribution in [3.05, 3.63) is 0 Å². The van der Waals surface area contributed by atoms with Crippen LogP contribution < -0.4 is 5.32 Å². The van der Waals surface area contributed by atoms with Crippen molar-refractivity contribution < 1.29 is 14.7 Å². The van der Waals surface area contributed by atoms with Crippen LogP contribution in [0.1, 0.15) is 39.0 Å². The molecule has 0 bridgehead atoms. The molecule has 20 heavy (non-hydrogen) atoms. The van der Waals surface area contributed by atoms with Gasteiger partial charge in [-0.25, -0.2) is 4.79 Å². The van der Waals surface area contributed by atoms with Crippen LogP contribution in [0.15, 0.2) is 0 Å². The Labute approximate surface area is 125 Å². The lowest BCUT2D eigenvalue weighted by atomic mass is 9.86. The zero-order chi connectivity index (χ0) is 15.1. The maximum atomic E-state index is 12.2. The van der Waals surface area contributed by atoms with E-state index >= 15 is 0 Å². The third-order valence-corrected chi connectivity index (χ3v) is 4.77. The Bertz CT molecular complexity index is 338. The van der Waals surface area contributed by atoms with Gasteiger partial charge in [-0.3, -0.25) is 4.79 Å². The molecule has 5 nitrogen and oxygen atoms in total. The summed E-state index contributed by atoms with van der Waals surface area (Å²) in [5, 5.41) is 12.1. The Kier molecular flexibility index (Phi) is 7.19. The van der Waals surface area contributed by atoms with Crippen LogP contribution in [0.25, 0.3) is 0 Å². The van der Waals surface area contributed by atoms with Crippen molar-refractivity contribution in [3.63, 3.8) is 0 Å². The fourth-order valence-corrected chi connectivity index (χ4v) is 3.53. The first kappa shape index (κ1) is 17.1. The number of aliphatic carboxylic acids is 1. The third-order valence-electron chi connectivity index (χ3n) is 4.05. The van der Waals surface area contributed by atoms with Crippen LogP contribution in [-0.4, -0.2) is 53.1 Å². The molecule has 6 heteroatoms. The topological polar surface area (TPSA) is 69.6 Å². The Morgan fingerprint density at radius 2 is 2.15 bits per heavy atom. The Balaban J connectivity index is 2.50. The zero-order valence-electron chi connectivity index (χ0n) is 12.6. The molecule has 1 aliphatic carbocycles. The largest absolute Gasteiger partial charge is 0.481 e. The van der Waals surface area contributed by atoms with Gasteiger partial charge in [0, 0.05) is 24.9 Å². The van der Waals surface area contributed by atoms with E-state index in [1.54, 1.807) is 16.7 Å². The molecule has 1 aliphatic rings. The second-order valence-electron chi connectivity index (χ2n) is 5.48. The van der Waals surface area contributed by atoms with E-state index in [1.807, 2.05) is 13.3 Å². The van der Waals surface area contributed by atoms with E-state index in [4.69, 9.17) is 5.11 Å². The highest BCUT2D eigenvalue weighted by molar-refractivity contribution is 7.98. The van der Waals surface area contributed by atoms with Crippen LogP contribution in [0.2, 0.25) is 0 Å². The van der Waals surface area contributed by atoms with E-state index in [2.05, 4.69) is 12.2 Å². The fourth-order valence-electron chi connectivity index (χ4n) is 2.68. The average molecular weight is 302 g/mol. The summed E-state index contributed by atoms with van der Waals surface area (Å²) < 4.78 is 0. The summed E-state index contributed by atoms with van der Waals surface area (Å²) >= 11 is 1.73. The van der Waals surface area contributed by atoms with Gasteiger partial charge in [0.05, 0.1) is 5.92 Å². The van der Waals surface area contributed by atoms with Gasteiger partial charge in [0.1, 0.15) is 0 Å². The van der Waals surface area contributed by atoms with E-state index in [0.29, 0.717) is 6.42 Å². The normalized spacial score (nSPS) is 23.9. The number of hydrogen-bond acceptors (Lipinski definition) is 3. The van der Waals surface area contributed by atoms with Gasteiger partial charge < -0.3 is 15.3 Å². The zero-order valence-corrected chi connectivity index (χ0v) is 13.4. The molecule has 0 radical (unpaired) electrons. The van der Waals surface area contributed by atoms with E-state index < -0.39 is 5.97 Å². The first-order valence-electron chi connectivity index (χ1n) is 7.24. The highest BCUT2D eigenvalue weighted by Gasteiger charge is 2.29. The molecule has 0 aromatic heterocycles. The molecule has 2 N–H and O–H groups in total.